The van der Waals surface area contributed by atoms with Crippen LogP contribution in [0.5, 0.6) is 0 Å². The maximum absolute atomic E-state index is 14.0. The fourth-order valence-corrected chi connectivity index (χ4v) is 6.58. The molecule has 0 saturated heterocycles. The fourth-order valence-electron chi connectivity index (χ4n) is 4.91. The lowest BCUT2D eigenvalue weighted by molar-refractivity contribution is -0.139. The van der Waals surface area contributed by atoms with Gasteiger partial charge in [-0.2, -0.15) is 0 Å². The molecule has 7 nitrogen and oxygen atoms in total. The number of halogens is 1. The molecule has 0 spiro atoms. The van der Waals surface area contributed by atoms with Crippen molar-refractivity contribution in [2.24, 2.45) is 0 Å². The molecule has 0 aromatic heterocycles. The highest BCUT2D eigenvalue weighted by molar-refractivity contribution is 9.10. The predicted octanol–water partition coefficient (Wildman–Crippen LogP) is 5.82. The van der Waals surface area contributed by atoms with Gasteiger partial charge >= 0.3 is 0 Å². The standard InChI is InChI=1S/C31H36BrN3O4S/c1-23-13-19-29(20-14-23)40(38,39)35(28-17-15-26(32)16-18-28)22-30(36)34(21-25-9-5-3-6-10-25)24(2)31(37)33-27-11-7-4-8-12-27/h3,5-6,9-10,13-20,24,27H,4,7-8,11-12,21-22H2,1-2H3,(H,33,37)/t24-/m0/s1. The number of benzene rings is 3. The second-order valence-electron chi connectivity index (χ2n) is 10.3. The van der Waals surface area contributed by atoms with Crippen molar-refractivity contribution in [3.8, 4) is 0 Å². The smallest absolute Gasteiger partial charge is 0.264 e. The number of sulfonamides is 1. The summed E-state index contributed by atoms with van der Waals surface area (Å²) in [7, 11) is -4.08. The number of carbonyl (C=O) groups excluding carboxylic acids is 2. The van der Waals surface area contributed by atoms with Crippen LogP contribution in [0.3, 0.4) is 0 Å². The normalized spacial score (nSPS) is 14.8. The summed E-state index contributed by atoms with van der Waals surface area (Å²) in [4.78, 5) is 28.9. The van der Waals surface area contributed by atoms with Gasteiger partial charge in [0, 0.05) is 17.1 Å². The third-order valence-electron chi connectivity index (χ3n) is 7.32. The molecule has 9 heteroatoms. The molecule has 0 aliphatic heterocycles. The third kappa shape index (κ3) is 7.52. The van der Waals surface area contributed by atoms with Crippen LogP contribution in [-0.2, 0) is 26.2 Å². The van der Waals surface area contributed by atoms with E-state index in [4.69, 9.17) is 0 Å². The topological polar surface area (TPSA) is 86.8 Å². The van der Waals surface area contributed by atoms with E-state index in [0.29, 0.717) is 5.69 Å². The summed E-state index contributed by atoms with van der Waals surface area (Å²) in [5.74, 6) is -0.693. The summed E-state index contributed by atoms with van der Waals surface area (Å²) >= 11 is 3.40. The first-order chi connectivity index (χ1) is 19.1. The molecule has 0 bridgehead atoms. The van der Waals surface area contributed by atoms with Crippen LogP contribution in [0.4, 0.5) is 5.69 Å². The van der Waals surface area contributed by atoms with Crippen molar-refractivity contribution in [1.29, 1.82) is 0 Å². The highest BCUT2D eigenvalue weighted by Gasteiger charge is 2.33. The van der Waals surface area contributed by atoms with Crippen LogP contribution < -0.4 is 9.62 Å². The Morgan fingerprint density at radius 1 is 0.925 bits per heavy atom. The van der Waals surface area contributed by atoms with Gasteiger partial charge in [0.25, 0.3) is 10.0 Å². The van der Waals surface area contributed by atoms with E-state index in [1.54, 1.807) is 55.5 Å². The minimum atomic E-state index is -4.08. The summed E-state index contributed by atoms with van der Waals surface area (Å²) in [5.41, 5.74) is 2.14. The van der Waals surface area contributed by atoms with Gasteiger partial charge in [0.15, 0.2) is 0 Å². The molecular formula is C31H36BrN3O4S. The number of rotatable bonds is 10. The predicted molar refractivity (Wildman–Crippen MR) is 161 cm³/mol. The van der Waals surface area contributed by atoms with Crippen LogP contribution in [0.25, 0.3) is 0 Å². The number of aryl methyl sites for hydroxylation is 1. The molecule has 1 N–H and O–H groups in total. The lowest BCUT2D eigenvalue weighted by Crippen LogP contribution is -2.53. The molecule has 1 saturated carbocycles. The summed E-state index contributed by atoms with van der Waals surface area (Å²) in [6.07, 6.45) is 5.17. The van der Waals surface area contributed by atoms with Crippen molar-refractivity contribution in [3.05, 3.63) is 94.5 Å². The molecule has 1 aliphatic rings. The van der Waals surface area contributed by atoms with E-state index in [-0.39, 0.29) is 23.4 Å². The van der Waals surface area contributed by atoms with E-state index >= 15 is 0 Å². The minimum Gasteiger partial charge on any atom is -0.352 e. The van der Waals surface area contributed by atoms with Crippen LogP contribution in [-0.4, -0.2) is 43.8 Å². The monoisotopic (exact) mass is 625 g/mol. The molecule has 3 aromatic rings. The quantitative estimate of drug-likeness (QED) is 0.308. The zero-order chi connectivity index (χ0) is 28.7. The molecule has 2 amide bonds. The third-order valence-corrected chi connectivity index (χ3v) is 9.63. The molecule has 1 aliphatic carbocycles. The number of nitrogens with one attached hydrogen (secondary N) is 1. The largest absolute Gasteiger partial charge is 0.352 e. The van der Waals surface area contributed by atoms with Gasteiger partial charge in [0.05, 0.1) is 10.6 Å². The molecule has 40 heavy (non-hydrogen) atoms. The summed E-state index contributed by atoms with van der Waals surface area (Å²) in [6.45, 7) is 3.31. The molecule has 4 rings (SSSR count). The van der Waals surface area contributed by atoms with Gasteiger partial charge in [0.1, 0.15) is 12.6 Å². The lowest BCUT2D eigenvalue weighted by Gasteiger charge is -2.33. The molecule has 1 atom stereocenters. The van der Waals surface area contributed by atoms with E-state index in [2.05, 4.69) is 21.2 Å². The van der Waals surface area contributed by atoms with Crippen molar-refractivity contribution in [3.63, 3.8) is 0 Å². The SMILES string of the molecule is Cc1ccc(S(=O)(=O)N(CC(=O)N(Cc2ccccc2)[C@@H](C)C(=O)NC2CCCCC2)c2ccc(Br)cc2)cc1. The Kier molecular flexibility index (Phi) is 10.0. The summed E-state index contributed by atoms with van der Waals surface area (Å²) in [6, 6.07) is 22.1. The van der Waals surface area contributed by atoms with Crippen LogP contribution in [0.15, 0.2) is 88.2 Å². The lowest BCUT2D eigenvalue weighted by atomic mass is 9.95. The van der Waals surface area contributed by atoms with Crippen molar-refractivity contribution < 1.29 is 18.0 Å². The minimum absolute atomic E-state index is 0.0894. The number of hydrogen-bond acceptors (Lipinski definition) is 4. The Balaban J connectivity index is 1.65. The fraction of sp³-hybridized carbons (Fsp3) is 0.355. The Labute approximate surface area is 245 Å². The maximum atomic E-state index is 14.0. The number of hydrogen-bond donors (Lipinski definition) is 1. The van der Waals surface area contributed by atoms with E-state index in [1.807, 2.05) is 37.3 Å². The zero-order valence-corrected chi connectivity index (χ0v) is 25.3. The first-order valence-electron chi connectivity index (χ1n) is 13.6. The van der Waals surface area contributed by atoms with Gasteiger partial charge in [-0.25, -0.2) is 8.42 Å². The Hall–Kier alpha value is -3.17. The van der Waals surface area contributed by atoms with Gasteiger partial charge < -0.3 is 10.2 Å². The molecule has 212 valence electrons. The second kappa shape index (κ2) is 13.5. The van der Waals surface area contributed by atoms with Crippen molar-refractivity contribution >= 4 is 43.5 Å². The second-order valence-corrected chi connectivity index (χ2v) is 13.1. The van der Waals surface area contributed by atoms with Gasteiger partial charge in [-0.05, 0) is 68.7 Å². The number of carbonyl (C=O) groups is 2. The van der Waals surface area contributed by atoms with Crippen LogP contribution in [0, 0.1) is 6.92 Å². The van der Waals surface area contributed by atoms with Gasteiger partial charge in [-0.1, -0.05) is 83.2 Å². The van der Waals surface area contributed by atoms with Crippen molar-refractivity contribution in [1.82, 2.24) is 10.2 Å². The first-order valence-corrected chi connectivity index (χ1v) is 15.9. The molecule has 0 unspecified atom stereocenters. The number of amides is 2. The molecule has 0 heterocycles. The van der Waals surface area contributed by atoms with Gasteiger partial charge in [-0.15, -0.1) is 0 Å². The number of nitrogens with zero attached hydrogens (tertiary/aromatic N) is 2. The molecular weight excluding hydrogens is 590 g/mol. The highest BCUT2D eigenvalue weighted by Crippen LogP contribution is 2.26. The average Bonchev–Trinajstić information content (AvgIpc) is 2.96. The van der Waals surface area contributed by atoms with Crippen LogP contribution in [0.1, 0.15) is 50.2 Å². The van der Waals surface area contributed by atoms with E-state index < -0.39 is 28.5 Å². The van der Waals surface area contributed by atoms with Crippen LogP contribution in [0.2, 0.25) is 0 Å². The van der Waals surface area contributed by atoms with Gasteiger partial charge in [0.2, 0.25) is 11.8 Å². The van der Waals surface area contributed by atoms with Gasteiger partial charge in [-0.3, -0.25) is 13.9 Å². The van der Waals surface area contributed by atoms with Crippen LogP contribution >= 0.6 is 15.9 Å². The van der Waals surface area contributed by atoms with E-state index in [0.717, 1.165) is 45.6 Å². The average molecular weight is 627 g/mol. The zero-order valence-electron chi connectivity index (χ0n) is 22.9. The molecule has 3 aromatic carbocycles. The van der Waals surface area contributed by atoms with Crippen molar-refractivity contribution in [2.45, 2.75) is 69.5 Å². The number of anilines is 1. The molecule has 1 fully saturated rings. The molecule has 0 radical (unpaired) electrons. The van der Waals surface area contributed by atoms with E-state index in [9.17, 15) is 18.0 Å². The van der Waals surface area contributed by atoms with E-state index in [1.165, 1.54) is 11.3 Å². The maximum Gasteiger partial charge on any atom is 0.264 e. The Bertz CT molecular complexity index is 1390. The summed E-state index contributed by atoms with van der Waals surface area (Å²) in [5, 5.41) is 3.12. The van der Waals surface area contributed by atoms with Crippen molar-refractivity contribution in [2.75, 3.05) is 10.8 Å². The highest BCUT2D eigenvalue weighted by atomic mass is 79.9. The first kappa shape index (κ1) is 29.8. The summed E-state index contributed by atoms with van der Waals surface area (Å²) < 4.78 is 29.7. The Morgan fingerprint density at radius 3 is 2.17 bits per heavy atom. The Morgan fingerprint density at radius 2 is 1.55 bits per heavy atom.